The fourth-order valence-corrected chi connectivity index (χ4v) is 1.98. The van der Waals surface area contributed by atoms with Crippen LogP contribution in [-0.4, -0.2) is 69.5 Å². The Morgan fingerprint density at radius 2 is 2.10 bits per heavy atom. The lowest BCUT2D eigenvalue weighted by Crippen LogP contribution is -2.39. The molecular formula is C14H30N4O2. The van der Waals surface area contributed by atoms with E-state index >= 15 is 0 Å². The largest absolute Gasteiger partial charge is 0.379 e. The number of nitrogens with two attached hydrogens (primary N) is 1. The van der Waals surface area contributed by atoms with Crippen LogP contribution in [0.15, 0.2) is 4.99 Å². The Morgan fingerprint density at radius 1 is 1.35 bits per heavy atom. The Hall–Kier alpha value is -0.850. The van der Waals surface area contributed by atoms with Gasteiger partial charge in [0.25, 0.3) is 0 Å². The van der Waals surface area contributed by atoms with E-state index in [4.69, 9.17) is 15.2 Å². The lowest BCUT2D eigenvalue weighted by Gasteiger charge is -2.26. The van der Waals surface area contributed by atoms with Gasteiger partial charge in [-0.2, -0.15) is 0 Å². The minimum atomic E-state index is 0.287. The number of nitrogens with zero attached hydrogens (tertiary/aromatic N) is 2. The quantitative estimate of drug-likeness (QED) is 0.365. The Balaban J connectivity index is 1.94. The van der Waals surface area contributed by atoms with Crippen molar-refractivity contribution < 1.29 is 9.47 Å². The van der Waals surface area contributed by atoms with E-state index in [-0.39, 0.29) is 6.10 Å². The molecule has 0 saturated carbocycles. The number of nitrogens with one attached hydrogen (secondary N) is 1. The van der Waals surface area contributed by atoms with E-state index < -0.39 is 0 Å². The van der Waals surface area contributed by atoms with Gasteiger partial charge in [0.1, 0.15) is 0 Å². The smallest absolute Gasteiger partial charge is 0.188 e. The molecule has 0 amide bonds. The molecule has 0 aromatic heterocycles. The highest BCUT2D eigenvalue weighted by molar-refractivity contribution is 5.77. The van der Waals surface area contributed by atoms with Gasteiger partial charge < -0.3 is 20.5 Å². The lowest BCUT2D eigenvalue weighted by molar-refractivity contribution is 0.0376. The van der Waals surface area contributed by atoms with Crippen LogP contribution in [0.3, 0.4) is 0 Å². The van der Waals surface area contributed by atoms with Crippen LogP contribution in [0.5, 0.6) is 0 Å². The van der Waals surface area contributed by atoms with Gasteiger partial charge in [0, 0.05) is 32.8 Å². The first-order chi connectivity index (χ1) is 9.68. The summed E-state index contributed by atoms with van der Waals surface area (Å²) >= 11 is 0. The van der Waals surface area contributed by atoms with E-state index in [1.54, 1.807) is 0 Å². The molecule has 1 fully saturated rings. The molecule has 6 heteroatoms. The molecule has 0 aromatic rings. The van der Waals surface area contributed by atoms with Crippen LogP contribution < -0.4 is 11.1 Å². The summed E-state index contributed by atoms with van der Waals surface area (Å²) in [5, 5.41) is 3.15. The third kappa shape index (κ3) is 9.12. The first-order valence-corrected chi connectivity index (χ1v) is 7.64. The van der Waals surface area contributed by atoms with Gasteiger partial charge in [-0.1, -0.05) is 0 Å². The molecule has 1 saturated heterocycles. The SMILES string of the molecule is CC(C)OCCCN=C(N)NCCCN1CCOCC1. The second-order valence-electron chi connectivity index (χ2n) is 5.27. The summed E-state index contributed by atoms with van der Waals surface area (Å²) in [5.74, 6) is 0.538. The number of hydrogen-bond acceptors (Lipinski definition) is 4. The van der Waals surface area contributed by atoms with E-state index in [0.29, 0.717) is 5.96 Å². The number of ether oxygens (including phenoxy) is 2. The maximum absolute atomic E-state index is 5.80. The molecule has 1 rings (SSSR count). The summed E-state index contributed by atoms with van der Waals surface area (Å²) in [6.45, 7) is 11.3. The Bertz CT molecular complexity index is 266. The molecule has 118 valence electrons. The fourth-order valence-electron chi connectivity index (χ4n) is 1.98. The van der Waals surface area contributed by atoms with Gasteiger partial charge in [0.05, 0.1) is 19.3 Å². The van der Waals surface area contributed by atoms with Crippen LogP contribution in [0.4, 0.5) is 0 Å². The van der Waals surface area contributed by atoms with Gasteiger partial charge >= 0.3 is 0 Å². The fraction of sp³-hybridized carbons (Fsp3) is 0.929. The van der Waals surface area contributed by atoms with Crippen LogP contribution in [-0.2, 0) is 9.47 Å². The van der Waals surface area contributed by atoms with Gasteiger partial charge in [-0.25, -0.2) is 0 Å². The van der Waals surface area contributed by atoms with Crippen molar-refractivity contribution in [2.45, 2.75) is 32.8 Å². The van der Waals surface area contributed by atoms with Gasteiger partial charge in [-0.05, 0) is 33.2 Å². The summed E-state index contributed by atoms with van der Waals surface area (Å²) in [5.41, 5.74) is 5.80. The average Bonchev–Trinajstić information content (AvgIpc) is 2.44. The third-order valence-corrected chi connectivity index (χ3v) is 3.10. The van der Waals surface area contributed by atoms with E-state index in [2.05, 4.69) is 15.2 Å². The second-order valence-corrected chi connectivity index (χ2v) is 5.27. The zero-order chi connectivity index (χ0) is 14.6. The summed E-state index contributed by atoms with van der Waals surface area (Å²) in [4.78, 5) is 6.69. The van der Waals surface area contributed by atoms with Crippen LogP contribution >= 0.6 is 0 Å². The molecule has 20 heavy (non-hydrogen) atoms. The van der Waals surface area contributed by atoms with E-state index in [1.807, 2.05) is 13.8 Å². The summed E-state index contributed by atoms with van der Waals surface area (Å²) in [6.07, 6.45) is 2.27. The van der Waals surface area contributed by atoms with Crippen molar-refractivity contribution in [1.82, 2.24) is 10.2 Å². The Labute approximate surface area is 122 Å². The van der Waals surface area contributed by atoms with Gasteiger partial charge in [0.2, 0.25) is 0 Å². The molecule has 1 aliphatic heterocycles. The standard InChI is InChI=1S/C14H30N4O2/c1-13(2)20-10-4-6-17-14(15)16-5-3-7-18-8-11-19-12-9-18/h13H,3-12H2,1-2H3,(H3,15,16,17). The van der Waals surface area contributed by atoms with Crippen molar-refractivity contribution >= 4 is 5.96 Å². The van der Waals surface area contributed by atoms with Gasteiger partial charge in [-0.3, -0.25) is 9.89 Å². The first kappa shape index (κ1) is 17.2. The molecule has 6 nitrogen and oxygen atoms in total. The lowest BCUT2D eigenvalue weighted by atomic mass is 10.3. The maximum atomic E-state index is 5.80. The maximum Gasteiger partial charge on any atom is 0.188 e. The molecule has 1 aliphatic rings. The molecule has 1 heterocycles. The molecule has 0 spiro atoms. The molecule has 0 atom stereocenters. The topological polar surface area (TPSA) is 72.1 Å². The highest BCUT2D eigenvalue weighted by Gasteiger charge is 2.08. The Morgan fingerprint density at radius 3 is 2.80 bits per heavy atom. The van der Waals surface area contributed by atoms with Crippen molar-refractivity contribution in [2.24, 2.45) is 10.7 Å². The summed E-state index contributed by atoms with van der Waals surface area (Å²) < 4.78 is 10.8. The number of guanidine groups is 1. The number of hydrogen-bond donors (Lipinski definition) is 2. The molecule has 3 N–H and O–H groups in total. The molecule has 0 aliphatic carbocycles. The van der Waals surface area contributed by atoms with E-state index in [0.717, 1.165) is 65.4 Å². The molecule has 0 bridgehead atoms. The minimum Gasteiger partial charge on any atom is -0.379 e. The van der Waals surface area contributed by atoms with Crippen molar-refractivity contribution in [3.63, 3.8) is 0 Å². The normalized spacial score (nSPS) is 17.6. The highest BCUT2D eigenvalue weighted by atomic mass is 16.5. The minimum absolute atomic E-state index is 0.287. The predicted octanol–water partition coefficient (Wildman–Crippen LogP) is 0.428. The monoisotopic (exact) mass is 286 g/mol. The van der Waals surface area contributed by atoms with Crippen molar-refractivity contribution in [3.8, 4) is 0 Å². The summed E-state index contributed by atoms with van der Waals surface area (Å²) in [6, 6.07) is 0. The summed E-state index contributed by atoms with van der Waals surface area (Å²) in [7, 11) is 0. The number of morpholine rings is 1. The molecule has 0 unspecified atom stereocenters. The number of rotatable bonds is 9. The zero-order valence-corrected chi connectivity index (χ0v) is 12.9. The number of aliphatic imine (C=N–C) groups is 1. The van der Waals surface area contributed by atoms with E-state index in [9.17, 15) is 0 Å². The predicted molar refractivity (Wildman–Crippen MR) is 82.1 cm³/mol. The van der Waals surface area contributed by atoms with Crippen LogP contribution in [0.1, 0.15) is 26.7 Å². The third-order valence-electron chi connectivity index (χ3n) is 3.10. The average molecular weight is 286 g/mol. The highest BCUT2D eigenvalue weighted by Crippen LogP contribution is 1.97. The van der Waals surface area contributed by atoms with Crippen molar-refractivity contribution in [1.29, 1.82) is 0 Å². The van der Waals surface area contributed by atoms with Crippen LogP contribution in [0.2, 0.25) is 0 Å². The van der Waals surface area contributed by atoms with Crippen LogP contribution in [0.25, 0.3) is 0 Å². The van der Waals surface area contributed by atoms with Crippen molar-refractivity contribution in [3.05, 3.63) is 0 Å². The second kappa shape index (κ2) is 10.9. The van der Waals surface area contributed by atoms with Gasteiger partial charge in [0.15, 0.2) is 5.96 Å². The van der Waals surface area contributed by atoms with Crippen molar-refractivity contribution in [2.75, 3.05) is 52.5 Å². The van der Waals surface area contributed by atoms with Gasteiger partial charge in [-0.15, -0.1) is 0 Å². The van der Waals surface area contributed by atoms with Crippen LogP contribution in [0, 0.1) is 0 Å². The molecule has 0 aromatic carbocycles. The molecule has 0 radical (unpaired) electrons. The first-order valence-electron chi connectivity index (χ1n) is 7.64. The molecular weight excluding hydrogens is 256 g/mol. The zero-order valence-electron chi connectivity index (χ0n) is 12.9. The van der Waals surface area contributed by atoms with E-state index in [1.165, 1.54) is 0 Å². The Kier molecular flexibility index (Phi) is 9.36.